The second-order valence-electron chi connectivity index (χ2n) is 9.96. The number of fused-ring (bicyclic) bond motifs is 1. The Morgan fingerprint density at radius 1 is 0.950 bits per heavy atom. The topological polar surface area (TPSA) is 114 Å². The number of aliphatic hydroxyl groups excluding tert-OH is 2. The second-order valence-corrected chi connectivity index (χ2v) is 11.0. The minimum atomic E-state index is -0.552. The summed E-state index contributed by atoms with van der Waals surface area (Å²) in [5.74, 6) is -0.764. The average Bonchev–Trinajstić information content (AvgIpc) is 3.27. The van der Waals surface area contributed by atoms with E-state index in [0.29, 0.717) is 35.8 Å². The van der Waals surface area contributed by atoms with Gasteiger partial charge >= 0.3 is 0 Å². The molecule has 0 aliphatic carbocycles. The van der Waals surface area contributed by atoms with E-state index in [2.05, 4.69) is 15.8 Å². The van der Waals surface area contributed by atoms with Gasteiger partial charge in [0.1, 0.15) is 5.00 Å². The van der Waals surface area contributed by atoms with Gasteiger partial charge in [-0.15, -0.1) is 11.3 Å². The van der Waals surface area contributed by atoms with Crippen molar-refractivity contribution in [2.75, 3.05) is 18.4 Å². The predicted molar refractivity (Wildman–Crippen MR) is 161 cm³/mol. The molecule has 0 saturated carbocycles. The average molecular weight is 559 g/mol. The first-order chi connectivity index (χ1) is 19.2. The Labute approximate surface area is 238 Å². The molecule has 2 unspecified atom stereocenters. The monoisotopic (exact) mass is 558 g/mol. The molecule has 8 nitrogen and oxygen atoms in total. The highest BCUT2D eigenvalue weighted by Crippen LogP contribution is 2.36. The summed E-state index contributed by atoms with van der Waals surface area (Å²) in [7, 11) is 0. The Hall–Kier alpha value is -3.89. The van der Waals surface area contributed by atoms with Crippen LogP contribution in [0.25, 0.3) is 10.1 Å². The molecule has 0 fully saturated rings. The summed E-state index contributed by atoms with van der Waals surface area (Å²) in [6.45, 7) is 6.66. The molecule has 1 aromatic heterocycles. The summed E-state index contributed by atoms with van der Waals surface area (Å²) in [6, 6.07) is 22.4. The van der Waals surface area contributed by atoms with Crippen molar-refractivity contribution >= 4 is 44.5 Å². The van der Waals surface area contributed by atoms with Crippen LogP contribution in [-0.4, -0.2) is 58.4 Å². The molecule has 2 atom stereocenters. The molecule has 1 heterocycles. The smallest absolute Gasteiger partial charge is 0.275 e. The van der Waals surface area contributed by atoms with Gasteiger partial charge in [-0.05, 0) is 50.1 Å². The fraction of sp³-hybridized carbons (Fsp3) is 0.258. The van der Waals surface area contributed by atoms with E-state index in [-0.39, 0.29) is 5.91 Å². The normalized spacial score (nSPS) is 13.1. The van der Waals surface area contributed by atoms with Gasteiger partial charge < -0.3 is 15.5 Å². The maximum absolute atomic E-state index is 13.3. The lowest BCUT2D eigenvalue weighted by Gasteiger charge is -2.25. The first-order valence-corrected chi connectivity index (χ1v) is 13.9. The van der Waals surface area contributed by atoms with Crippen LogP contribution in [-0.2, 0) is 6.54 Å². The zero-order valence-electron chi connectivity index (χ0n) is 22.8. The quantitative estimate of drug-likeness (QED) is 0.156. The van der Waals surface area contributed by atoms with Crippen LogP contribution in [0, 0.1) is 6.92 Å². The summed E-state index contributed by atoms with van der Waals surface area (Å²) in [5, 5.41) is 27.9. The van der Waals surface area contributed by atoms with Gasteiger partial charge in [0.05, 0.1) is 24.0 Å². The number of amides is 2. The standard InChI is InChI=1S/C31H34N4O4S/c1-20-11-13-23(14-12-20)16-32-34-30(39)28-26-9-4-5-10-27(26)40-31(28)33-29(38)25-8-6-7-24(15-25)19-35(17-21(2)36)18-22(3)37/h4-16,21-22,36-37H,17-19H2,1-3H3,(H,33,38)(H,34,39). The molecule has 40 heavy (non-hydrogen) atoms. The zero-order valence-corrected chi connectivity index (χ0v) is 23.6. The molecule has 2 amide bonds. The van der Waals surface area contributed by atoms with Gasteiger partial charge in [-0.25, -0.2) is 5.43 Å². The van der Waals surface area contributed by atoms with Crippen molar-refractivity contribution in [3.8, 4) is 0 Å². The molecule has 0 saturated heterocycles. The molecule has 0 aliphatic heterocycles. The van der Waals surface area contributed by atoms with Gasteiger partial charge in [-0.3, -0.25) is 14.5 Å². The molecule has 0 aliphatic rings. The fourth-order valence-electron chi connectivity index (χ4n) is 4.43. The minimum Gasteiger partial charge on any atom is -0.392 e. The number of hydrazone groups is 1. The van der Waals surface area contributed by atoms with Crippen LogP contribution in [0.2, 0.25) is 0 Å². The summed E-state index contributed by atoms with van der Waals surface area (Å²) in [6.07, 6.45) is 0.474. The number of benzene rings is 3. The van der Waals surface area contributed by atoms with Crippen LogP contribution in [0.3, 0.4) is 0 Å². The Morgan fingerprint density at radius 3 is 2.35 bits per heavy atom. The largest absolute Gasteiger partial charge is 0.392 e. The molecular weight excluding hydrogens is 524 g/mol. The lowest BCUT2D eigenvalue weighted by Crippen LogP contribution is -2.35. The molecule has 0 radical (unpaired) electrons. The van der Waals surface area contributed by atoms with Gasteiger partial charge in [-0.1, -0.05) is 60.2 Å². The number of nitrogens with zero attached hydrogens (tertiary/aromatic N) is 2. The third kappa shape index (κ3) is 7.83. The molecule has 4 N–H and O–H groups in total. The molecular formula is C31H34N4O4S. The van der Waals surface area contributed by atoms with Gasteiger partial charge in [0.25, 0.3) is 11.8 Å². The SMILES string of the molecule is Cc1ccc(C=NNC(=O)c2c(NC(=O)c3cccc(CN(CC(C)O)CC(C)O)c3)sc3ccccc23)cc1. The molecule has 0 bridgehead atoms. The first kappa shape index (κ1) is 29.1. The summed E-state index contributed by atoms with van der Waals surface area (Å²) in [5.41, 5.74) is 6.24. The van der Waals surface area contributed by atoms with E-state index in [9.17, 15) is 19.8 Å². The van der Waals surface area contributed by atoms with Crippen LogP contribution >= 0.6 is 11.3 Å². The number of hydrogen-bond donors (Lipinski definition) is 4. The van der Waals surface area contributed by atoms with Crippen LogP contribution in [0.4, 0.5) is 5.00 Å². The number of thiophene rings is 1. The number of hydrogen-bond acceptors (Lipinski definition) is 7. The van der Waals surface area contributed by atoms with E-state index in [1.54, 1.807) is 38.3 Å². The lowest BCUT2D eigenvalue weighted by molar-refractivity contribution is 0.0793. The number of carbonyl (C=O) groups excluding carboxylic acids is 2. The number of aryl methyl sites for hydroxylation is 1. The Bertz CT molecular complexity index is 1490. The van der Waals surface area contributed by atoms with Gasteiger partial charge in [0.15, 0.2) is 0 Å². The first-order valence-electron chi connectivity index (χ1n) is 13.1. The molecule has 4 aromatic rings. The summed E-state index contributed by atoms with van der Waals surface area (Å²) >= 11 is 1.33. The number of anilines is 1. The predicted octanol–water partition coefficient (Wildman–Crippen LogP) is 4.79. The van der Waals surface area contributed by atoms with Crippen molar-refractivity contribution in [3.63, 3.8) is 0 Å². The maximum atomic E-state index is 13.3. The van der Waals surface area contributed by atoms with Crippen molar-refractivity contribution in [1.29, 1.82) is 0 Å². The highest BCUT2D eigenvalue weighted by molar-refractivity contribution is 7.23. The van der Waals surface area contributed by atoms with Crippen LogP contribution in [0.5, 0.6) is 0 Å². The molecule has 9 heteroatoms. The fourth-order valence-corrected chi connectivity index (χ4v) is 5.52. The number of nitrogens with one attached hydrogen (secondary N) is 2. The number of rotatable bonds is 11. The minimum absolute atomic E-state index is 0.344. The van der Waals surface area contributed by atoms with Crippen molar-refractivity contribution in [2.24, 2.45) is 5.10 Å². The van der Waals surface area contributed by atoms with Gasteiger partial charge in [-0.2, -0.15) is 5.10 Å². The van der Waals surface area contributed by atoms with Crippen molar-refractivity contribution < 1.29 is 19.8 Å². The zero-order chi connectivity index (χ0) is 28.6. The second kappa shape index (κ2) is 13.5. The van der Waals surface area contributed by atoms with Crippen LogP contribution in [0.15, 0.2) is 77.9 Å². The van der Waals surface area contributed by atoms with E-state index in [0.717, 1.165) is 26.8 Å². The number of carbonyl (C=O) groups is 2. The third-order valence-electron chi connectivity index (χ3n) is 6.15. The summed E-state index contributed by atoms with van der Waals surface area (Å²) in [4.78, 5) is 28.5. The third-order valence-corrected chi connectivity index (χ3v) is 7.23. The van der Waals surface area contributed by atoms with Crippen LogP contribution in [0.1, 0.15) is 51.3 Å². The van der Waals surface area contributed by atoms with Gasteiger partial charge in [0, 0.05) is 35.3 Å². The van der Waals surface area contributed by atoms with E-state index in [1.165, 1.54) is 11.3 Å². The van der Waals surface area contributed by atoms with Crippen molar-refractivity contribution in [1.82, 2.24) is 10.3 Å². The molecule has 4 rings (SSSR count). The van der Waals surface area contributed by atoms with E-state index in [1.807, 2.05) is 66.4 Å². The van der Waals surface area contributed by atoms with E-state index in [4.69, 9.17) is 0 Å². The van der Waals surface area contributed by atoms with E-state index >= 15 is 0 Å². The Morgan fingerprint density at radius 2 is 1.65 bits per heavy atom. The number of aliphatic hydroxyl groups is 2. The van der Waals surface area contributed by atoms with Crippen molar-refractivity contribution in [3.05, 3.63) is 101 Å². The highest BCUT2D eigenvalue weighted by Gasteiger charge is 2.21. The Balaban J connectivity index is 1.53. The molecule has 3 aromatic carbocycles. The molecule has 208 valence electrons. The Kier molecular flexibility index (Phi) is 9.79. The van der Waals surface area contributed by atoms with Crippen molar-refractivity contribution in [2.45, 2.75) is 39.5 Å². The summed E-state index contributed by atoms with van der Waals surface area (Å²) < 4.78 is 0.867. The highest BCUT2D eigenvalue weighted by atomic mass is 32.1. The lowest BCUT2D eigenvalue weighted by atomic mass is 10.1. The van der Waals surface area contributed by atoms with E-state index < -0.39 is 18.1 Å². The van der Waals surface area contributed by atoms with Gasteiger partial charge in [0.2, 0.25) is 0 Å². The maximum Gasteiger partial charge on any atom is 0.275 e. The molecule has 0 spiro atoms. The van der Waals surface area contributed by atoms with Crippen LogP contribution < -0.4 is 10.7 Å².